The number of amides is 2. The minimum absolute atomic E-state index is 0.0529. The lowest BCUT2D eigenvalue weighted by atomic mass is 10.2. The molecule has 1 aromatic rings. The third-order valence-electron chi connectivity index (χ3n) is 3.70. The molecule has 0 radical (unpaired) electrons. The minimum Gasteiger partial charge on any atom is -0.307 e. The lowest BCUT2D eigenvalue weighted by Gasteiger charge is -2.41. The Labute approximate surface area is 131 Å². The van der Waals surface area contributed by atoms with E-state index in [1.807, 2.05) is 16.7 Å². The van der Waals surface area contributed by atoms with Crippen LogP contribution >= 0.6 is 11.5 Å². The molecule has 116 valence electrons. The van der Waals surface area contributed by atoms with Crippen LogP contribution in [0.25, 0.3) is 0 Å². The quantitative estimate of drug-likeness (QED) is 0.785. The largest absolute Gasteiger partial charge is 0.327 e. The van der Waals surface area contributed by atoms with Crippen LogP contribution in [-0.4, -0.2) is 46.6 Å². The lowest BCUT2D eigenvalue weighted by Crippen LogP contribution is -2.58. The van der Waals surface area contributed by atoms with Gasteiger partial charge in [0.25, 0.3) is 0 Å². The van der Waals surface area contributed by atoms with Crippen molar-refractivity contribution < 1.29 is 4.79 Å². The van der Waals surface area contributed by atoms with Gasteiger partial charge in [-0.3, -0.25) is 9.80 Å². The number of urea groups is 1. The number of hydrogen-bond acceptors (Lipinski definition) is 4. The van der Waals surface area contributed by atoms with Crippen LogP contribution in [0.1, 0.15) is 32.0 Å². The van der Waals surface area contributed by atoms with Gasteiger partial charge in [0.2, 0.25) is 0 Å². The highest BCUT2D eigenvalue weighted by atomic mass is 32.1. The molecule has 2 rings (SSSR count). The predicted octanol–water partition coefficient (Wildman–Crippen LogP) is 3.07. The Bertz CT molecular complexity index is 540. The molecule has 0 N–H and O–H groups in total. The van der Waals surface area contributed by atoms with Crippen LogP contribution in [0.3, 0.4) is 0 Å². The highest BCUT2D eigenvalue weighted by molar-refractivity contribution is 7.10. The molecule has 1 saturated heterocycles. The summed E-state index contributed by atoms with van der Waals surface area (Å²) >= 11 is 1.42. The normalized spacial score (nSPS) is 16.7. The van der Waals surface area contributed by atoms with E-state index in [2.05, 4.69) is 36.6 Å². The number of carbonyl (C=O) groups is 1. The molecule has 0 spiro atoms. The van der Waals surface area contributed by atoms with Gasteiger partial charge >= 0.3 is 6.03 Å². The fraction of sp³-hybridized carbons (Fsp3) is 0.600. The predicted molar refractivity (Wildman–Crippen MR) is 87.7 cm³/mol. The Morgan fingerprint density at radius 1 is 1.38 bits per heavy atom. The van der Waals surface area contributed by atoms with Gasteiger partial charge in [0.15, 0.2) is 0 Å². The van der Waals surface area contributed by atoms with Crippen LogP contribution in [0.5, 0.6) is 0 Å². The second kappa shape index (κ2) is 6.58. The molecule has 1 aliphatic heterocycles. The molecular formula is C15H24N4OS. The zero-order valence-corrected chi connectivity index (χ0v) is 14.2. The van der Waals surface area contributed by atoms with E-state index < -0.39 is 0 Å². The Morgan fingerprint density at radius 3 is 2.62 bits per heavy atom. The highest BCUT2D eigenvalue weighted by Gasteiger charge is 2.32. The molecule has 6 heteroatoms. The average molecular weight is 308 g/mol. The van der Waals surface area contributed by atoms with Crippen LogP contribution in [0, 0.1) is 6.92 Å². The second-order valence-electron chi connectivity index (χ2n) is 5.55. The number of rotatable bonds is 5. The molecule has 0 bridgehead atoms. The van der Waals surface area contributed by atoms with Crippen LogP contribution in [-0.2, 0) is 6.42 Å². The van der Waals surface area contributed by atoms with E-state index in [0.717, 1.165) is 34.8 Å². The van der Waals surface area contributed by atoms with E-state index in [1.165, 1.54) is 11.5 Å². The fourth-order valence-electron chi connectivity index (χ4n) is 2.51. The molecule has 21 heavy (non-hydrogen) atoms. The number of hydrogen-bond donors (Lipinski definition) is 0. The van der Waals surface area contributed by atoms with Gasteiger partial charge in [-0.2, -0.15) is 4.37 Å². The van der Waals surface area contributed by atoms with Gasteiger partial charge in [-0.1, -0.05) is 26.0 Å². The molecule has 0 unspecified atom stereocenters. The van der Waals surface area contributed by atoms with E-state index in [1.54, 1.807) is 0 Å². The Morgan fingerprint density at radius 2 is 2.10 bits per heavy atom. The molecule has 0 atom stereocenters. The van der Waals surface area contributed by atoms with Crippen molar-refractivity contribution >= 4 is 22.6 Å². The van der Waals surface area contributed by atoms with E-state index in [9.17, 15) is 4.79 Å². The standard InChI is InChI=1S/C15H24N4OS/c1-6-13-12(5)14(21-16-13)19-10-17(7-2)9-18(15(19)20)8-11(3)4/h3,6-10H2,1-2,4-5H3. The van der Waals surface area contributed by atoms with Crippen molar-refractivity contribution in [1.82, 2.24) is 14.2 Å². The monoisotopic (exact) mass is 308 g/mol. The van der Waals surface area contributed by atoms with Gasteiger partial charge in [-0.15, -0.1) is 0 Å². The molecule has 2 heterocycles. The van der Waals surface area contributed by atoms with Crippen molar-refractivity contribution in [2.75, 3.05) is 31.3 Å². The summed E-state index contributed by atoms with van der Waals surface area (Å²) < 4.78 is 4.47. The fourth-order valence-corrected chi connectivity index (χ4v) is 3.46. The maximum absolute atomic E-state index is 12.7. The third kappa shape index (κ3) is 3.27. The first-order valence-electron chi connectivity index (χ1n) is 7.36. The number of nitrogens with zero attached hydrogens (tertiary/aromatic N) is 4. The maximum atomic E-state index is 12.7. The van der Waals surface area contributed by atoms with Gasteiger partial charge in [-0.05, 0) is 38.3 Å². The summed E-state index contributed by atoms with van der Waals surface area (Å²) in [7, 11) is 0. The Balaban J connectivity index is 2.29. The smallest absolute Gasteiger partial charge is 0.307 e. The molecule has 1 aromatic heterocycles. The molecular weight excluding hydrogens is 284 g/mol. The van der Waals surface area contributed by atoms with Crippen molar-refractivity contribution in [2.24, 2.45) is 0 Å². The zero-order valence-electron chi connectivity index (χ0n) is 13.3. The van der Waals surface area contributed by atoms with Crippen molar-refractivity contribution in [2.45, 2.75) is 34.1 Å². The summed E-state index contributed by atoms with van der Waals surface area (Å²) in [6, 6.07) is 0.0529. The van der Waals surface area contributed by atoms with Gasteiger partial charge in [0.05, 0.1) is 19.0 Å². The number of aryl methyl sites for hydroxylation is 1. The first kappa shape index (κ1) is 16.0. The van der Waals surface area contributed by atoms with Gasteiger partial charge in [-0.25, -0.2) is 4.79 Å². The first-order valence-corrected chi connectivity index (χ1v) is 8.13. The summed E-state index contributed by atoms with van der Waals surface area (Å²) in [5.41, 5.74) is 3.21. The summed E-state index contributed by atoms with van der Waals surface area (Å²) in [6.45, 7) is 15.0. The Hall–Kier alpha value is -1.40. The zero-order chi connectivity index (χ0) is 15.6. The van der Waals surface area contributed by atoms with Gasteiger partial charge in [0, 0.05) is 12.1 Å². The minimum atomic E-state index is 0.0529. The number of carbonyl (C=O) groups excluding carboxylic acids is 1. The van der Waals surface area contributed by atoms with Crippen LogP contribution < -0.4 is 4.90 Å². The molecule has 0 saturated carbocycles. The molecule has 2 amide bonds. The summed E-state index contributed by atoms with van der Waals surface area (Å²) in [4.78, 5) is 18.7. The van der Waals surface area contributed by atoms with E-state index in [0.29, 0.717) is 19.9 Å². The topological polar surface area (TPSA) is 39.7 Å². The maximum Gasteiger partial charge on any atom is 0.327 e. The van der Waals surface area contributed by atoms with Crippen molar-refractivity contribution in [1.29, 1.82) is 0 Å². The molecule has 5 nitrogen and oxygen atoms in total. The lowest BCUT2D eigenvalue weighted by molar-refractivity contribution is 0.125. The molecule has 1 fully saturated rings. The highest BCUT2D eigenvalue weighted by Crippen LogP contribution is 2.31. The Kier molecular flexibility index (Phi) is 5.00. The summed E-state index contributed by atoms with van der Waals surface area (Å²) in [5.74, 6) is 0. The average Bonchev–Trinajstić information content (AvgIpc) is 2.81. The van der Waals surface area contributed by atoms with E-state index in [4.69, 9.17) is 0 Å². The van der Waals surface area contributed by atoms with Crippen molar-refractivity contribution in [3.63, 3.8) is 0 Å². The second-order valence-corrected chi connectivity index (χ2v) is 6.30. The number of anilines is 1. The molecule has 0 aliphatic carbocycles. The van der Waals surface area contributed by atoms with Crippen molar-refractivity contribution in [3.05, 3.63) is 23.4 Å². The summed E-state index contributed by atoms with van der Waals surface area (Å²) in [6.07, 6.45) is 0.900. The SMILES string of the molecule is C=C(C)CN1CN(CC)CN(c2snc(CC)c2C)C1=O. The van der Waals surface area contributed by atoms with Crippen molar-refractivity contribution in [3.8, 4) is 0 Å². The first-order chi connectivity index (χ1) is 9.97. The van der Waals surface area contributed by atoms with Crippen LogP contribution in [0.15, 0.2) is 12.2 Å². The summed E-state index contributed by atoms with van der Waals surface area (Å²) in [5, 5.41) is 0.974. The van der Waals surface area contributed by atoms with Crippen LogP contribution in [0.4, 0.5) is 9.80 Å². The van der Waals surface area contributed by atoms with Crippen LogP contribution in [0.2, 0.25) is 0 Å². The van der Waals surface area contributed by atoms with E-state index >= 15 is 0 Å². The van der Waals surface area contributed by atoms with Gasteiger partial charge in [0.1, 0.15) is 5.00 Å². The third-order valence-corrected chi connectivity index (χ3v) is 4.71. The molecule has 1 aliphatic rings. The molecule has 0 aromatic carbocycles. The van der Waals surface area contributed by atoms with E-state index in [-0.39, 0.29) is 6.03 Å². The van der Waals surface area contributed by atoms with Gasteiger partial charge < -0.3 is 4.90 Å². The number of aromatic nitrogens is 1.